The molecule has 1 saturated heterocycles. The average molecular weight is 590 g/mol. The first-order valence-corrected chi connectivity index (χ1v) is 14.8. The Morgan fingerprint density at radius 2 is 1.72 bits per heavy atom. The highest BCUT2D eigenvalue weighted by molar-refractivity contribution is 5.84. The van der Waals surface area contributed by atoms with E-state index in [4.69, 9.17) is 9.47 Å². The molecule has 1 fully saturated rings. The maximum atomic E-state index is 13.8. The van der Waals surface area contributed by atoms with Crippen LogP contribution in [0.1, 0.15) is 48.9 Å². The predicted octanol–water partition coefficient (Wildman–Crippen LogP) is 2.28. The van der Waals surface area contributed by atoms with E-state index in [1.165, 1.54) is 4.68 Å². The van der Waals surface area contributed by atoms with E-state index in [0.29, 0.717) is 61.2 Å². The van der Waals surface area contributed by atoms with E-state index in [2.05, 4.69) is 15.7 Å². The number of carbonyl (C=O) groups excluding carboxylic acids is 3. The molecule has 4 bridgehead atoms. The molecule has 5 rings (SSSR count). The third kappa shape index (κ3) is 6.65. The molecule has 2 aliphatic heterocycles. The SMILES string of the molecule is COc1cc2cc(c1OC)CCCNC(=O)C[C@@H]1CC[C@H](CNC(=O)CC2)N1C(=O)Cn1nc(C)c2ccccc2c1=O. The van der Waals surface area contributed by atoms with Crippen LogP contribution < -0.4 is 25.7 Å². The summed E-state index contributed by atoms with van der Waals surface area (Å²) >= 11 is 0. The summed E-state index contributed by atoms with van der Waals surface area (Å²) in [7, 11) is 3.19. The minimum atomic E-state index is -0.346. The largest absolute Gasteiger partial charge is 0.493 e. The lowest BCUT2D eigenvalue weighted by molar-refractivity contribution is -0.136. The Morgan fingerprint density at radius 3 is 2.49 bits per heavy atom. The summed E-state index contributed by atoms with van der Waals surface area (Å²) in [5, 5.41) is 11.7. The van der Waals surface area contributed by atoms with Crippen LogP contribution in [-0.4, -0.2) is 71.8 Å². The zero-order chi connectivity index (χ0) is 30.5. The molecule has 0 spiro atoms. The van der Waals surface area contributed by atoms with Crippen molar-refractivity contribution in [3.05, 3.63) is 63.6 Å². The second-order valence-corrected chi connectivity index (χ2v) is 11.2. The van der Waals surface area contributed by atoms with Crippen LogP contribution in [0.5, 0.6) is 11.5 Å². The maximum Gasteiger partial charge on any atom is 0.275 e. The quantitative estimate of drug-likeness (QED) is 0.477. The first kappa shape index (κ1) is 30.1. The number of aryl methyl sites for hydroxylation is 3. The monoisotopic (exact) mass is 589 g/mol. The van der Waals surface area contributed by atoms with Crippen LogP contribution in [0.2, 0.25) is 0 Å². The van der Waals surface area contributed by atoms with Gasteiger partial charge in [-0.25, -0.2) is 4.68 Å². The first-order chi connectivity index (χ1) is 20.8. The van der Waals surface area contributed by atoms with E-state index in [0.717, 1.165) is 16.5 Å². The second-order valence-electron chi connectivity index (χ2n) is 11.2. The van der Waals surface area contributed by atoms with Crippen LogP contribution in [0.4, 0.5) is 0 Å². The van der Waals surface area contributed by atoms with E-state index in [1.807, 2.05) is 31.2 Å². The summed E-state index contributed by atoms with van der Waals surface area (Å²) < 4.78 is 12.4. The number of nitrogens with one attached hydrogen (secondary N) is 2. The Kier molecular flexibility index (Phi) is 9.27. The fraction of sp³-hybridized carbons (Fsp3) is 0.469. The Balaban J connectivity index is 1.37. The number of carbonyl (C=O) groups is 3. The van der Waals surface area contributed by atoms with Crippen LogP contribution in [0.25, 0.3) is 10.8 Å². The van der Waals surface area contributed by atoms with E-state index >= 15 is 0 Å². The molecule has 2 N–H and O–H groups in total. The van der Waals surface area contributed by atoms with Gasteiger partial charge in [0.2, 0.25) is 17.7 Å². The molecule has 0 unspecified atom stereocenters. The van der Waals surface area contributed by atoms with Crippen LogP contribution >= 0.6 is 0 Å². The summed E-state index contributed by atoms with van der Waals surface area (Å²) in [5.41, 5.74) is 2.23. The molecular formula is C32H39N5O6. The van der Waals surface area contributed by atoms with Crippen LogP contribution in [0.15, 0.2) is 41.2 Å². The lowest BCUT2D eigenvalue weighted by atomic mass is 10.0. The Hall–Kier alpha value is -4.41. The molecule has 0 aliphatic carbocycles. The van der Waals surface area contributed by atoms with Gasteiger partial charge in [0.1, 0.15) is 6.54 Å². The van der Waals surface area contributed by atoms with E-state index in [1.54, 1.807) is 31.3 Å². The number of hydrogen-bond acceptors (Lipinski definition) is 7. The number of benzene rings is 2. The standard InChI is InChI=1S/C32H39N5O6/c1-20-25-8-4-5-9-26(25)32(41)36(35-20)19-30(40)37-23-11-12-24(37)18-34-28(38)13-10-21-15-22(7-6-14-33-29(39)17-23)31(43-3)27(16-21)42-2/h4-5,8-9,15-16,23-24H,6-7,10-14,17-19H2,1-3H3,(H,33,39)(H,34,38)/t23-,24+/m0/s1. The molecule has 11 nitrogen and oxygen atoms in total. The highest BCUT2D eigenvalue weighted by Crippen LogP contribution is 2.34. The van der Waals surface area contributed by atoms with Gasteiger partial charge in [0, 0.05) is 43.4 Å². The second kappa shape index (κ2) is 13.3. The number of fused-ring (bicyclic) bond motifs is 5. The van der Waals surface area contributed by atoms with E-state index in [-0.39, 0.29) is 61.3 Å². The molecular weight excluding hydrogens is 550 g/mol. The van der Waals surface area contributed by atoms with Crippen LogP contribution in [-0.2, 0) is 33.8 Å². The molecule has 0 radical (unpaired) electrons. The van der Waals surface area contributed by atoms with Gasteiger partial charge in [0.15, 0.2) is 11.5 Å². The lowest BCUT2D eigenvalue weighted by Gasteiger charge is -2.30. The summed E-state index contributed by atoms with van der Waals surface area (Å²) in [6.45, 7) is 2.29. The van der Waals surface area contributed by atoms with Crippen molar-refractivity contribution in [2.24, 2.45) is 0 Å². The van der Waals surface area contributed by atoms with Gasteiger partial charge in [0.25, 0.3) is 5.56 Å². The summed E-state index contributed by atoms with van der Waals surface area (Å²) in [6, 6.07) is 10.5. The molecule has 3 heterocycles. The van der Waals surface area contributed by atoms with Crippen molar-refractivity contribution < 1.29 is 23.9 Å². The van der Waals surface area contributed by atoms with Gasteiger partial charge in [0.05, 0.1) is 25.3 Å². The zero-order valence-electron chi connectivity index (χ0n) is 25.0. The van der Waals surface area contributed by atoms with Crippen LogP contribution in [0.3, 0.4) is 0 Å². The number of rotatable bonds is 4. The Labute approximate surface area is 250 Å². The molecule has 0 saturated carbocycles. The maximum absolute atomic E-state index is 13.8. The van der Waals surface area contributed by atoms with Gasteiger partial charge < -0.3 is 25.0 Å². The summed E-state index contributed by atoms with van der Waals surface area (Å²) in [6.07, 6.45) is 3.53. The minimum absolute atomic E-state index is 0.128. The minimum Gasteiger partial charge on any atom is -0.493 e. The van der Waals surface area contributed by atoms with E-state index < -0.39 is 0 Å². The van der Waals surface area contributed by atoms with Gasteiger partial charge in [-0.1, -0.05) is 24.3 Å². The van der Waals surface area contributed by atoms with Gasteiger partial charge in [-0.05, 0) is 62.3 Å². The molecule has 1 aromatic heterocycles. The summed E-state index contributed by atoms with van der Waals surface area (Å²) in [4.78, 5) is 54.6. The lowest BCUT2D eigenvalue weighted by Crippen LogP contribution is -2.49. The zero-order valence-corrected chi connectivity index (χ0v) is 25.0. The van der Waals surface area contributed by atoms with Crippen molar-refractivity contribution >= 4 is 28.5 Å². The van der Waals surface area contributed by atoms with Gasteiger partial charge in [-0.3, -0.25) is 19.2 Å². The molecule has 3 aromatic rings. The molecule has 43 heavy (non-hydrogen) atoms. The number of nitrogens with zero attached hydrogens (tertiary/aromatic N) is 3. The Bertz CT molecular complexity index is 1580. The van der Waals surface area contributed by atoms with Crippen molar-refractivity contribution in [3.63, 3.8) is 0 Å². The molecule has 11 heteroatoms. The Morgan fingerprint density at radius 1 is 0.953 bits per heavy atom. The fourth-order valence-electron chi connectivity index (χ4n) is 6.30. The number of aromatic nitrogens is 2. The van der Waals surface area contributed by atoms with Gasteiger partial charge in [-0.15, -0.1) is 0 Å². The van der Waals surface area contributed by atoms with E-state index in [9.17, 15) is 19.2 Å². The van der Waals surface area contributed by atoms with Crippen molar-refractivity contribution in [2.45, 2.75) is 70.5 Å². The van der Waals surface area contributed by atoms with Crippen molar-refractivity contribution in [1.82, 2.24) is 25.3 Å². The van der Waals surface area contributed by atoms with Crippen LogP contribution in [0, 0.1) is 6.92 Å². The highest BCUT2D eigenvalue weighted by atomic mass is 16.5. The third-order valence-corrected chi connectivity index (χ3v) is 8.40. The van der Waals surface area contributed by atoms with Gasteiger partial charge >= 0.3 is 0 Å². The van der Waals surface area contributed by atoms with Gasteiger partial charge in [-0.2, -0.15) is 5.10 Å². The normalized spacial score (nSPS) is 19.8. The molecule has 2 aliphatic rings. The molecule has 2 atom stereocenters. The smallest absolute Gasteiger partial charge is 0.275 e. The number of methoxy groups -OCH3 is 2. The van der Waals surface area contributed by atoms with Crippen molar-refractivity contribution in [3.8, 4) is 11.5 Å². The number of ether oxygens (including phenoxy) is 2. The predicted molar refractivity (Wildman–Crippen MR) is 161 cm³/mol. The topological polar surface area (TPSA) is 132 Å². The fourth-order valence-corrected chi connectivity index (χ4v) is 6.30. The number of amides is 3. The first-order valence-electron chi connectivity index (χ1n) is 14.8. The van der Waals surface area contributed by atoms with Crippen molar-refractivity contribution in [1.29, 1.82) is 0 Å². The average Bonchev–Trinajstić information content (AvgIpc) is 3.41. The molecule has 2 aromatic carbocycles. The number of hydrogen-bond donors (Lipinski definition) is 2. The highest BCUT2D eigenvalue weighted by Gasteiger charge is 2.38. The van der Waals surface area contributed by atoms with Crippen molar-refractivity contribution in [2.75, 3.05) is 27.3 Å². The molecule has 3 amide bonds. The summed E-state index contributed by atoms with van der Waals surface area (Å²) in [5.74, 6) is 0.692. The third-order valence-electron chi connectivity index (χ3n) is 8.40. The molecule has 228 valence electrons.